The predicted octanol–water partition coefficient (Wildman–Crippen LogP) is 1.32. The highest BCUT2D eigenvalue weighted by Crippen LogP contribution is 2.16. The molecule has 0 aliphatic carbocycles. The summed E-state index contributed by atoms with van der Waals surface area (Å²) in [5.74, 6) is 5.35. The molecule has 0 unspecified atom stereocenters. The largest absolute Gasteiger partial charge is 0.320 e. The number of hydrogen-bond acceptors (Lipinski definition) is 5. The van der Waals surface area contributed by atoms with Crippen molar-refractivity contribution in [3.05, 3.63) is 47.9 Å². The van der Waals surface area contributed by atoms with Crippen molar-refractivity contribution in [2.75, 3.05) is 10.7 Å². The van der Waals surface area contributed by atoms with Gasteiger partial charge in [-0.3, -0.25) is 9.78 Å². The van der Waals surface area contributed by atoms with Crippen molar-refractivity contribution in [3.8, 4) is 0 Å². The Hall–Kier alpha value is -2.47. The van der Waals surface area contributed by atoms with Crippen molar-refractivity contribution >= 4 is 17.4 Å². The predicted molar refractivity (Wildman–Crippen MR) is 69.0 cm³/mol. The van der Waals surface area contributed by atoms with Crippen molar-refractivity contribution in [2.45, 2.75) is 6.92 Å². The van der Waals surface area contributed by atoms with Crippen molar-refractivity contribution in [3.63, 3.8) is 0 Å². The van der Waals surface area contributed by atoms with Gasteiger partial charge in [-0.1, -0.05) is 0 Å². The van der Waals surface area contributed by atoms with E-state index in [4.69, 9.17) is 5.84 Å². The first-order chi connectivity index (χ1) is 8.72. The average molecular weight is 243 g/mol. The normalized spacial score (nSPS) is 9.89. The maximum Gasteiger partial charge on any atom is 0.259 e. The first-order valence-corrected chi connectivity index (χ1v) is 5.36. The molecule has 0 atom stereocenters. The quantitative estimate of drug-likeness (QED) is 0.558. The summed E-state index contributed by atoms with van der Waals surface area (Å²) in [6, 6.07) is 5.13. The third-order valence-electron chi connectivity index (χ3n) is 2.48. The number of carbonyl (C=O) groups is 1. The summed E-state index contributed by atoms with van der Waals surface area (Å²) in [5.41, 5.74) is 4.36. The lowest BCUT2D eigenvalue weighted by molar-refractivity contribution is 0.102. The van der Waals surface area contributed by atoms with Crippen LogP contribution < -0.4 is 16.6 Å². The number of carbonyl (C=O) groups excluding carboxylic acids is 1. The molecule has 0 radical (unpaired) electrons. The lowest BCUT2D eigenvalue weighted by Gasteiger charge is -2.09. The number of aryl methyl sites for hydroxylation is 1. The number of nitrogens with zero attached hydrogens (tertiary/aromatic N) is 2. The molecule has 4 N–H and O–H groups in total. The van der Waals surface area contributed by atoms with Crippen LogP contribution in [-0.2, 0) is 0 Å². The molecule has 6 nitrogen and oxygen atoms in total. The Bertz CT molecular complexity index is 570. The van der Waals surface area contributed by atoms with Gasteiger partial charge in [0.05, 0.1) is 17.4 Å². The molecule has 0 spiro atoms. The molecule has 0 saturated heterocycles. The SMILES string of the molecule is Cc1ccncc1NC(=O)c1cccnc1NN. The fourth-order valence-electron chi connectivity index (χ4n) is 1.49. The van der Waals surface area contributed by atoms with Crippen LogP contribution in [0, 0.1) is 6.92 Å². The summed E-state index contributed by atoms with van der Waals surface area (Å²) < 4.78 is 0. The Labute approximate surface area is 104 Å². The molecule has 0 aliphatic heterocycles. The van der Waals surface area contributed by atoms with E-state index in [1.807, 2.05) is 13.0 Å². The van der Waals surface area contributed by atoms with Crippen molar-refractivity contribution < 1.29 is 4.79 Å². The van der Waals surface area contributed by atoms with Crippen LogP contribution in [0.1, 0.15) is 15.9 Å². The molecule has 0 aliphatic rings. The second-order valence-corrected chi connectivity index (χ2v) is 3.69. The van der Waals surface area contributed by atoms with Crippen molar-refractivity contribution in [1.29, 1.82) is 0 Å². The maximum atomic E-state index is 12.1. The highest BCUT2D eigenvalue weighted by atomic mass is 16.1. The van der Waals surface area contributed by atoms with E-state index in [2.05, 4.69) is 20.7 Å². The van der Waals surface area contributed by atoms with Gasteiger partial charge < -0.3 is 10.7 Å². The van der Waals surface area contributed by atoms with Gasteiger partial charge in [0, 0.05) is 12.4 Å². The number of hydrazine groups is 1. The molecule has 18 heavy (non-hydrogen) atoms. The fourth-order valence-corrected chi connectivity index (χ4v) is 1.49. The van der Waals surface area contributed by atoms with Crippen LogP contribution in [0.3, 0.4) is 0 Å². The van der Waals surface area contributed by atoms with E-state index >= 15 is 0 Å². The molecule has 0 saturated carbocycles. The lowest BCUT2D eigenvalue weighted by Crippen LogP contribution is -2.18. The number of anilines is 2. The molecule has 2 aromatic heterocycles. The molecular formula is C12H13N5O. The number of hydrogen-bond donors (Lipinski definition) is 3. The standard InChI is InChI=1S/C12H13N5O/c1-8-4-6-14-7-10(8)16-12(18)9-3-2-5-15-11(9)17-13/h2-7H,13H2,1H3,(H,15,17)(H,16,18). The highest BCUT2D eigenvalue weighted by Gasteiger charge is 2.12. The number of nitrogens with one attached hydrogen (secondary N) is 2. The third-order valence-corrected chi connectivity index (χ3v) is 2.48. The van der Waals surface area contributed by atoms with Gasteiger partial charge in [-0.25, -0.2) is 10.8 Å². The van der Waals surface area contributed by atoms with Gasteiger partial charge in [-0.15, -0.1) is 0 Å². The molecule has 2 heterocycles. The number of nitrogens with two attached hydrogens (primary N) is 1. The molecule has 2 aromatic rings. The number of aromatic nitrogens is 2. The third kappa shape index (κ3) is 2.44. The Morgan fingerprint density at radius 1 is 1.33 bits per heavy atom. The highest BCUT2D eigenvalue weighted by molar-refractivity contribution is 6.07. The van der Waals surface area contributed by atoms with Crippen LogP contribution in [0.15, 0.2) is 36.8 Å². The second kappa shape index (κ2) is 5.24. The maximum absolute atomic E-state index is 12.1. The zero-order valence-corrected chi connectivity index (χ0v) is 9.84. The molecule has 1 amide bonds. The number of amides is 1. The van der Waals surface area contributed by atoms with Gasteiger partial charge >= 0.3 is 0 Å². The molecule has 92 valence electrons. The van der Waals surface area contributed by atoms with Crippen LogP contribution in [-0.4, -0.2) is 15.9 Å². The summed E-state index contributed by atoms with van der Waals surface area (Å²) >= 11 is 0. The van der Waals surface area contributed by atoms with E-state index in [1.165, 1.54) is 0 Å². The van der Waals surface area contributed by atoms with E-state index in [9.17, 15) is 4.79 Å². The van der Waals surface area contributed by atoms with Crippen LogP contribution in [0.5, 0.6) is 0 Å². The Morgan fingerprint density at radius 2 is 2.17 bits per heavy atom. The zero-order valence-electron chi connectivity index (χ0n) is 9.84. The molecule has 0 bridgehead atoms. The average Bonchev–Trinajstić information content (AvgIpc) is 2.41. The first kappa shape index (κ1) is 12.0. The smallest absolute Gasteiger partial charge is 0.259 e. The summed E-state index contributed by atoms with van der Waals surface area (Å²) in [6.45, 7) is 1.89. The van der Waals surface area contributed by atoms with Crippen LogP contribution >= 0.6 is 0 Å². The second-order valence-electron chi connectivity index (χ2n) is 3.69. The topological polar surface area (TPSA) is 92.9 Å². The van der Waals surface area contributed by atoms with Gasteiger partial charge in [-0.2, -0.15) is 0 Å². The van der Waals surface area contributed by atoms with E-state index < -0.39 is 0 Å². The van der Waals surface area contributed by atoms with E-state index in [0.717, 1.165) is 5.56 Å². The van der Waals surface area contributed by atoms with Crippen molar-refractivity contribution in [1.82, 2.24) is 9.97 Å². The monoisotopic (exact) mass is 243 g/mol. The molecule has 0 fully saturated rings. The molecule has 0 aromatic carbocycles. The number of rotatable bonds is 3. The van der Waals surface area contributed by atoms with Gasteiger partial charge in [0.1, 0.15) is 0 Å². The number of nitrogen functional groups attached to an aromatic ring is 1. The van der Waals surface area contributed by atoms with Gasteiger partial charge in [0.25, 0.3) is 5.91 Å². The number of pyridine rings is 2. The molecule has 6 heteroatoms. The summed E-state index contributed by atoms with van der Waals surface area (Å²) in [6.07, 6.45) is 4.82. The van der Waals surface area contributed by atoms with Gasteiger partial charge in [0.15, 0.2) is 5.82 Å². The van der Waals surface area contributed by atoms with Crippen LogP contribution in [0.25, 0.3) is 0 Å². The first-order valence-electron chi connectivity index (χ1n) is 5.36. The fraction of sp³-hybridized carbons (Fsp3) is 0.0833. The van der Waals surface area contributed by atoms with E-state index in [-0.39, 0.29) is 5.91 Å². The summed E-state index contributed by atoms with van der Waals surface area (Å²) in [4.78, 5) is 20.0. The van der Waals surface area contributed by atoms with Gasteiger partial charge in [0.2, 0.25) is 0 Å². The van der Waals surface area contributed by atoms with Crippen LogP contribution in [0.2, 0.25) is 0 Å². The van der Waals surface area contributed by atoms with Gasteiger partial charge in [-0.05, 0) is 30.7 Å². The lowest BCUT2D eigenvalue weighted by atomic mass is 10.2. The Kier molecular flexibility index (Phi) is 3.49. The van der Waals surface area contributed by atoms with E-state index in [1.54, 1.807) is 30.7 Å². The summed E-state index contributed by atoms with van der Waals surface area (Å²) in [7, 11) is 0. The molecular weight excluding hydrogens is 230 g/mol. The minimum absolute atomic E-state index is 0.285. The zero-order chi connectivity index (χ0) is 13.0. The Morgan fingerprint density at radius 3 is 2.89 bits per heavy atom. The van der Waals surface area contributed by atoms with Crippen LogP contribution in [0.4, 0.5) is 11.5 Å². The minimum Gasteiger partial charge on any atom is -0.320 e. The van der Waals surface area contributed by atoms with Crippen molar-refractivity contribution in [2.24, 2.45) is 5.84 Å². The molecule has 2 rings (SSSR count). The Balaban J connectivity index is 2.25. The minimum atomic E-state index is -0.285. The summed E-state index contributed by atoms with van der Waals surface area (Å²) in [5, 5.41) is 2.76. The van der Waals surface area contributed by atoms with E-state index in [0.29, 0.717) is 17.1 Å².